The van der Waals surface area contributed by atoms with Crippen LogP contribution < -0.4 is 10.5 Å². The molecule has 106 valence electrons. The normalized spacial score (nSPS) is 21.1. The summed E-state index contributed by atoms with van der Waals surface area (Å²) < 4.78 is 5.62. The van der Waals surface area contributed by atoms with Crippen molar-refractivity contribution in [1.82, 2.24) is 4.90 Å². The van der Waals surface area contributed by atoms with E-state index in [9.17, 15) is 0 Å². The Bertz CT molecular complexity index is 422. The first-order valence-corrected chi connectivity index (χ1v) is 7.76. The van der Waals surface area contributed by atoms with Gasteiger partial charge < -0.3 is 10.5 Å². The van der Waals surface area contributed by atoms with Gasteiger partial charge in [0.25, 0.3) is 0 Å². The Morgan fingerprint density at radius 3 is 2.89 bits per heavy atom. The number of ether oxygens (including phenoxy) is 1. The number of thioether (sulfide) groups is 1. The van der Waals surface area contributed by atoms with Gasteiger partial charge in [0, 0.05) is 36.2 Å². The third kappa shape index (κ3) is 3.65. The van der Waals surface area contributed by atoms with Gasteiger partial charge in [0.05, 0.1) is 7.11 Å². The molecule has 0 spiro atoms. The largest absolute Gasteiger partial charge is 0.497 e. The van der Waals surface area contributed by atoms with Gasteiger partial charge in [-0.2, -0.15) is 11.8 Å². The molecule has 1 aliphatic rings. The Morgan fingerprint density at radius 1 is 1.47 bits per heavy atom. The molecule has 0 saturated carbocycles. The second kappa shape index (κ2) is 6.16. The first-order chi connectivity index (χ1) is 9.05. The fraction of sp³-hybridized carbons (Fsp3) is 0.600. The lowest BCUT2D eigenvalue weighted by Crippen LogP contribution is -2.46. The van der Waals surface area contributed by atoms with E-state index in [4.69, 9.17) is 10.5 Å². The molecule has 1 fully saturated rings. The van der Waals surface area contributed by atoms with E-state index in [0.717, 1.165) is 18.8 Å². The Hall–Kier alpha value is -0.710. The number of benzene rings is 1. The van der Waals surface area contributed by atoms with Crippen LogP contribution in [0.5, 0.6) is 5.75 Å². The Kier molecular flexibility index (Phi) is 4.76. The molecule has 1 heterocycles. The highest BCUT2D eigenvalue weighted by Gasteiger charge is 2.31. The van der Waals surface area contributed by atoms with Crippen LogP contribution in [-0.2, 0) is 0 Å². The van der Waals surface area contributed by atoms with E-state index >= 15 is 0 Å². The highest BCUT2D eigenvalue weighted by Crippen LogP contribution is 2.34. The van der Waals surface area contributed by atoms with Crippen LogP contribution >= 0.6 is 11.8 Å². The minimum Gasteiger partial charge on any atom is -0.497 e. The molecule has 0 aromatic heterocycles. The highest BCUT2D eigenvalue weighted by atomic mass is 32.2. The lowest BCUT2D eigenvalue weighted by molar-refractivity contribution is 0.192. The van der Waals surface area contributed by atoms with Crippen molar-refractivity contribution < 1.29 is 4.74 Å². The first kappa shape index (κ1) is 14.7. The fourth-order valence-corrected chi connectivity index (χ4v) is 3.80. The minimum atomic E-state index is 0.287. The summed E-state index contributed by atoms with van der Waals surface area (Å²) in [5, 5.41) is 0. The van der Waals surface area contributed by atoms with Crippen LogP contribution in [0.2, 0.25) is 0 Å². The van der Waals surface area contributed by atoms with E-state index in [0.29, 0.717) is 11.3 Å². The summed E-state index contributed by atoms with van der Waals surface area (Å²) in [5.74, 6) is 2.08. The monoisotopic (exact) mass is 280 g/mol. The van der Waals surface area contributed by atoms with Gasteiger partial charge in [-0.3, -0.25) is 4.90 Å². The topological polar surface area (TPSA) is 38.5 Å². The number of rotatable bonds is 4. The zero-order chi connectivity index (χ0) is 13.9. The molecule has 0 amide bonds. The second-order valence-electron chi connectivity index (χ2n) is 5.61. The standard InChI is InChI=1S/C15H24N2OS/c1-15(2)11-17(7-8-19-15)14(10-16)12-5-4-6-13(9-12)18-3/h4-6,9,14H,7-8,10-11,16H2,1-3H3. The van der Waals surface area contributed by atoms with Crippen molar-refractivity contribution in [2.45, 2.75) is 24.6 Å². The van der Waals surface area contributed by atoms with Crippen molar-refractivity contribution in [3.05, 3.63) is 29.8 Å². The molecule has 1 unspecified atom stereocenters. The van der Waals surface area contributed by atoms with Gasteiger partial charge in [0.2, 0.25) is 0 Å². The summed E-state index contributed by atoms with van der Waals surface area (Å²) >= 11 is 2.05. The van der Waals surface area contributed by atoms with E-state index in [1.165, 1.54) is 11.3 Å². The third-order valence-corrected chi connectivity index (χ3v) is 4.90. The zero-order valence-corrected chi connectivity index (χ0v) is 12.9. The van der Waals surface area contributed by atoms with Crippen LogP contribution in [0.15, 0.2) is 24.3 Å². The van der Waals surface area contributed by atoms with Gasteiger partial charge in [-0.25, -0.2) is 0 Å². The molecular formula is C15H24N2OS. The molecule has 1 atom stereocenters. The summed E-state index contributed by atoms with van der Waals surface area (Å²) in [5.41, 5.74) is 7.28. The zero-order valence-electron chi connectivity index (χ0n) is 12.1. The lowest BCUT2D eigenvalue weighted by atomic mass is 10.0. The molecule has 1 aliphatic heterocycles. The van der Waals surface area contributed by atoms with E-state index in [2.05, 4.69) is 30.9 Å². The predicted octanol–water partition coefficient (Wildman–Crippen LogP) is 2.52. The van der Waals surface area contributed by atoms with Gasteiger partial charge >= 0.3 is 0 Å². The molecule has 0 aliphatic carbocycles. The maximum atomic E-state index is 6.03. The lowest BCUT2D eigenvalue weighted by Gasteiger charge is -2.41. The molecule has 0 radical (unpaired) electrons. The summed E-state index contributed by atoms with van der Waals surface area (Å²) in [6.07, 6.45) is 0. The Labute approximate surface area is 120 Å². The summed E-state index contributed by atoms with van der Waals surface area (Å²) in [6, 6.07) is 8.56. The molecule has 0 bridgehead atoms. The van der Waals surface area contributed by atoms with Gasteiger partial charge in [0.1, 0.15) is 5.75 Å². The average molecular weight is 280 g/mol. The molecule has 19 heavy (non-hydrogen) atoms. The molecule has 1 saturated heterocycles. The molecule has 2 N–H and O–H groups in total. The van der Waals surface area contributed by atoms with Gasteiger partial charge in [0.15, 0.2) is 0 Å². The van der Waals surface area contributed by atoms with E-state index in [1.807, 2.05) is 23.9 Å². The maximum Gasteiger partial charge on any atom is 0.119 e. The van der Waals surface area contributed by atoms with Gasteiger partial charge in [-0.05, 0) is 31.5 Å². The number of hydrogen-bond acceptors (Lipinski definition) is 4. The van der Waals surface area contributed by atoms with Crippen molar-refractivity contribution >= 4 is 11.8 Å². The quantitative estimate of drug-likeness (QED) is 0.920. The number of hydrogen-bond donors (Lipinski definition) is 1. The van der Waals surface area contributed by atoms with Crippen LogP contribution in [0.1, 0.15) is 25.5 Å². The van der Waals surface area contributed by atoms with E-state index in [-0.39, 0.29) is 6.04 Å². The summed E-state index contributed by atoms with van der Waals surface area (Å²) in [6.45, 7) is 7.45. The van der Waals surface area contributed by atoms with E-state index < -0.39 is 0 Å². The van der Waals surface area contributed by atoms with Crippen LogP contribution in [0.3, 0.4) is 0 Å². The molecular weight excluding hydrogens is 256 g/mol. The van der Waals surface area contributed by atoms with Gasteiger partial charge in [-0.1, -0.05) is 12.1 Å². The molecule has 1 aromatic carbocycles. The second-order valence-corrected chi connectivity index (χ2v) is 7.41. The fourth-order valence-electron chi connectivity index (χ4n) is 2.66. The molecule has 2 rings (SSSR count). The number of nitrogens with two attached hydrogens (primary N) is 1. The number of nitrogens with zero attached hydrogens (tertiary/aromatic N) is 1. The van der Waals surface area contributed by atoms with Crippen LogP contribution in [0.4, 0.5) is 0 Å². The number of methoxy groups -OCH3 is 1. The van der Waals surface area contributed by atoms with Crippen molar-refractivity contribution in [2.75, 3.05) is 32.5 Å². The van der Waals surface area contributed by atoms with Crippen molar-refractivity contribution in [1.29, 1.82) is 0 Å². The minimum absolute atomic E-state index is 0.287. The molecule has 1 aromatic rings. The van der Waals surface area contributed by atoms with Crippen LogP contribution in [0.25, 0.3) is 0 Å². The Balaban J connectivity index is 2.18. The van der Waals surface area contributed by atoms with Crippen molar-refractivity contribution in [3.63, 3.8) is 0 Å². The van der Waals surface area contributed by atoms with Crippen molar-refractivity contribution in [2.24, 2.45) is 5.73 Å². The van der Waals surface area contributed by atoms with Crippen LogP contribution in [0, 0.1) is 0 Å². The summed E-state index contributed by atoms with van der Waals surface area (Å²) in [4.78, 5) is 2.51. The SMILES string of the molecule is COc1cccc(C(CN)N2CCSC(C)(C)C2)c1. The van der Waals surface area contributed by atoms with E-state index in [1.54, 1.807) is 7.11 Å². The predicted molar refractivity (Wildman–Crippen MR) is 82.9 cm³/mol. The molecule has 3 nitrogen and oxygen atoms in total. The van der Waals surface area contributed by atoms with Gasteiger partial charge in [-0.15, -0.1) is 0 Å². The third-order valence-electron chi connectivity index (χ3n) is 3.60. The Morgan fingerprint density at radius 2 is 2.26 bits per heavy atom. The van der Waals surface area contributed by atoms with Crippen molar-refractivity contribution in [3.8, 4) is 5.75 Å². The summed E-state index contributed by atoms with van der Waals surface area (Å²) in [7, 11) is 1.71. The maximum absolute atomic E-state index is 6.03. The smallest absolute Gasteiger partial charge is 0.119 e. The van der Waals surface area contributed by atoms with Crippen LogP contribution in [-0.4, -0.2) is 42.1 Å². The molecule has 4 heteroatoms. The highest BCUT2D eigenvalue weighted by molar-refractivity contribution is 8.00. The first-order valence-electron chi connectivity index (χ1n) is 6.78. The average Bonchev–Trinajstić information content (AvgIpc) is 2.39.